The average Bonchev–Trinajstić information content (AvgIpc) is 2.73. The Balaban J connectivity index is 2.66. The summed E-state index contributed by atoms with van der Waals surface area (Å²) in [4.78, 5) is 0. The van der Waals surface area contributed by atoms with E-state index >= 15 is 0 Å². The quantitative estimate of drug-likeness (QED) is 0.873. The summed E-state index contributed by atoms with van der Waals surface area (Å²) in [5.74, 6) is 0.833. The normalized spacial score (nSPS) is 10.7. The van der Waals surface area contributed by atoms with E-state index in [1.807, 2.05) is 13.0 Å². The van der Waals surface area contributed by atoms with E-state index in [1.54, 1.807) is 7.11 Å². The molecule has 96 valence electrons. The maximum Gasteiger partial charge on any atom is 0.128 e. The molecule has 0 saturated carbocycles. The van der Waals surface area contributed by atoms with Gasteiger partial charge in [0, 0.05) is 23.4 Å². The molecule has 0 bridgehead atoms. The van der Waals surface area contributed by atoms with Crippen molar-refractivity contribution in [3.8, 4) is 17.0 Å². The van der Waals surface area contributed by atoms with Gasteiger partial charge in [0.2, 0.25) is 0 Å². The van der Waals surface area contributed by atoms with E-state index in [2.05, 4.69) is 30.1 Å². The first kappa shape index (κ1) is 12.6. The van der Waals surface area contributed by atoms with Gasteiger partial charge in [0.1, 0.15) is 11.4 Å². The number of H-pyrrole nitrogens is 1. The second-order valence-electron chi connectivity index (χ2n) is 4.52. The zero-order valence-corrected chi connectivity index (χ0v) is 11.3. The molecule has 0 aliphatic carbocycles. The number of rotatable bonds is 3. The Labute approximate surface area is 107 Å². The van der Waals surface area contributed by atoms with Gasteiger partial charge in [0.15, 0.2) is 0 Å². The minimum absolute atomic E-state index is 0.466. The van der Waals surface area contributed by atoms with Gasteiger partial charge >= 0.3 is 0 Å². The van der Waals surface area contributed by atoms with Crippen molar-refractivity contribution in [1.29, 1.82) is 0 Å². The van der Waals surface area contributed by atoms with Crippen LogP contribution in [0.15, 0.2) is 12.1 Å². The van der Waals surface area contributed by atoms with Crippen LogP contribution in [0.25, 0.3) is 11.3 Å². The standard InChI is InChI=1S/C14H19N3O/c1-8-5-11(13(18-4)6-9(8)2)14-12(7-15)10(3)16-17-14/h5-6H,7,15H2,1-4H3,(H,16,17). The Morgan fingerprint density at radius 2 is 1.89 bits per heavy atom. The number of aromatic nitrogens is 2. The van der Waals surface area contributed by atoms with E-state index in [-0.39, 0.29) is 0 Å². The van der Waals surface area contributed by atoms with Crippen molar-refractivity contribution < 1.29 is 4.74 Å². The predicted octanol–water partition coefficient (Wildman–Crippen LogP) is 2.47. The predicted molar refractivity (Wildman–Crippen MR) is 72.7 cm³/mol. The SMILES string of the molecule is COc1cc(C)c(C)cc1-c1n[nH]c(C)c1CN. The van der Waals surface area contributed by atoms with Crippen LogP contribution in [0.4, 0.5) is 0 Å². The molecule has 0 amide bonds. The maximum atomic E-state index is 5.79. The molecule has 3 N–H and O–H groups in total. The minimum atomic E-state index is 0.466. The lowest BCUT2D eigenvalue weighted by Gasteiger charge is -2.11. The highest BCUT2D eigenvalue weighted by Gasteiger charge is 2.16. The monoisotopic (exact) mass is 245 g/mol. The fraction of sp³-hybridized carbons (Fsp3) is 0.357. The number of benzene rings is 1. The van der Waals surface area contributed by atoms with Crippen LogP contribution < -0.4 is 10.5 Å². The molecule has 0 spiro atoms. The third kappa shape index (κ3) is 1.99. The Hall–Kier alpha value is -1.81. The van der Waals surface area contributed by atoms with Crippen LogP contribution in [0, 0.1) is 20.8 Å². The second kappa shape index (κ2) is 4.82. The molecule has 2 aromatic rings. The molecule has 4 heteroatoms. The van der Waals surface area contributed by atoms with Crippen molar-refractivity contribution in [2.45, 2.75) is 27.3 Å². The van der Waals surface area contributed by atoms with Crippen molar-refractivity contribution in [1.82, 2.24) is 10.2 Å². The molecule has 0 aliphatic rings. The molecular formula is C14H19N3O. The molecule has 0 aliphatic heterocycles. The van der Waals surface area contributed by atoms with Gasteiger partial charge in [-0.05, 0) is 44.0 Å². The lowest BCUT2D eigenvalue weighted by atomic mass is 10.00. The largest absolute Gasteiger partial charge is 0.496 e. The molecule has 1 aromatic heterocycles. The Morgan fingerprint density at radius 3 is 2.50 bits per heavy atom. The van der Waals surface area contributed by atoms with Crippen LogP contribution in [0.5, 0.6) is 5.75 Å². The van der Waals surface area contributed by atoms with E-state index < -0.39 is 0 Å². The maximum absolute atomic E-state index is 5.79. The summed E-state index contributed by atoms with van der Waals surface area (Å²) in [6.45, 7) is 6.60. The fourth-order valence-corrected chi connectivity index (χ4v) is 2.07. The molecule has 1 aromatic carbocycles. The van der Waals surface area contributed by atoms with Gasteiger partial charge < -0.3 is 10.5 Å². The first-order chi connectivity index (χ1) is 8.58. The van der Waals surface area contributed by atoms with E-state index in [0.29, 0.717) is 6.54 Å². The van der Waals surface area contributed by atoms with E-state index in [4.69, 9.17) is 10.5 Å². The van der Waals surface area contributed by atoms with Crippen LogP contribution in [-0.4, -0.2) is 17.3 Å². The molecular weight excluding hydrogens is 226 g/mol. The van der Waals surface area contributed by atoms with Crippen molar-refractivity contribution in [3.63, 3.8) is 0 Å². The molecule has 0 fully saturated rings. The zero-order chi connectivity index (χ0) is 13.3. The topological polar surface area (TPSA) is 63.9 Å². The highest BCUT2D eigenvalue weighted by Crippen LogP contribution is 2.34. The number of nitrogens with one attached hydrogen (secondary N) is 1. The second-order valence-corrected chi connectivity index (χ2v) is 4.52. The number of hydrogen-bond acceptors (Lipinski definition) is 3. The average molecular weight is 245 g/mol. The minimum Gasteiger partial charge on any atom is -0.496 e. The van der Waals surface area contributed by atoms with Crippen LogP contribution in [0.3, 0.4) is 0 Å². The number of methoxy groups -OCH3 is 1. The highest BCUT2D eigenvalue weighted by atomic mass is 16.5. The summed E-state index contributed by atoms with van der Waals surface area (Å²) in [5.41, 5.74) is 12.1. The van der Waals surface area contributed by atoms with Crippen molar-refractivity contribution >= 4 is 0 Å². The van der Waals surface area contributed by atoms with Gasteiger partial charge in [-0.25, -0.2) is 0 Å². The zero-order valence-electron chi connectivity index (χ0n) is 11.3. The van der Waals surface area contributed by atoms with Crippen LogP contribution in [0.1, 0.15) is 22.4 Å². The van der Waals surface area contributed by atoms with Crippen molar-refractivity contribution in [3.05, 3.63) is 34.5 Å². The molecule has 0 radical (unpaired) electrons. The van der Waals surface area contributed by atoms with Crippen molar-refractivity contribution in [2.75, 3.05) is 7.11 Å². The number of hydrogen-bond donors (Lipinski definition) is 2. The lowest BCUT2D eigenvalue weighted by molar-refractivity contribution is 0.416. The Bertz CT molecular complexity index is 573. The summed E-state index contributed by atoms with van der Waals surface area (Å²) in [6.07, 6.45) is 0. The molecule has 1 heterocycles. The van der Waals surface area contributed by atoms with Gasteiger partial charge in [0.25, 0.3) is 0 Å². The summed E-state index contributed by atoms with van der Waals surface area (Å²) in [7, 11) is 1.68. The van der Waals surface area contributed by atoms with Gasteiger partial charge in [-0.1, -0.05) is 0 Å². The molecule has 4 nitrogen and oxygen atoms in total. The molecule has 0 unspecified atom stereocenters. The van der Waals surface area contributed by atoms with Gasteiger partial charge in [-0.3, -0.25) is 5.10 Å². The lowest BCUT2D eigenvalue weighted by Crippen LogP contribution is -2.00. The third-order valence-electron chi connectivity index (χ3n) is 3.35. The van der Waals surface area contributed by atoms with E-state index in [0.717, 1.165) is 28.3 Å². The van der Waals surface area contributed by atoms with Gasteiger partial charge in [-0.15, -0.1) is 0 Å². The van der Waals surface area contributed by atoms with Gasteiger partial charge in [0.05, 0.1) is 7.11 Å². The molecule has 0 saturated heterocycles. The van der Waals surface area contributed by atoms with Crippen LogP contribution in [-0.2, 0) is 6.54 Å². The number of nitrogens with zero attached hydrogens (tertiary/aromatic N) is 1. The third-order valence-corrected chi connectivity index (χ3v) is 3.35. The first-order valence-electron chi connectivity index (χ1n) is 5.98. The number of aryl methyl sites for hydroxylation is 3. The molecule has 0 atom stereocenters. The summed E-state index contributed by atoms with van der Waals surface area (Å²) in [5, 5.41) is 7.34. The number of ether oxygens (including phenoxy) is 1. The summed E-state index contributed by atoms with van der Waals surface area (Å²) >= 11 is 0. The smallest absolute Gasteiger partial charge is 0.128 e. The summed E-state index contributed by atoms with van der Waals surface area (Å²) in [6, 6.07) is 4.14. The number of aromatic amines is 1. The Morgan fingerprint density at radius 1 is 1.22 bits per heavy atom. The summed E-state index contributed by atoms with van der Waals surface area (Å²) < 4.78 is 5.45. The van der Waals surface area contributed by atoms with Crippen LogP contribution in [0.2, 0.25) is 0 Å². The van der Waals surface area contributed by atoms with Crippen molar-refractivity contribution in [2.24, 2.45) is 5.73 Å². The van der Waals surface area contributed by atoms with Gasteiger partial charge in [-0.2, -0.15) is 5.10 Å². The first-order valence-corrected chi connectivity index (χ1v) is 5.98. The Kier molecular flexibility index (Phi) is 3.39. The fourth-order valence-electron chi connectivity index (χ4n) is 2.07. The highest BCUT2D eigenvalue weighted by molar-refractivity contribution is 5.72. The molecule has 2 rings (SSSR count). The van der Waals surface area contributed by atoms with Crippen LogP contribution >= 0.6 is 0 Å². The van der Waals surface area contributed by atoms with E-state index in [9.17, 15) is 0 Å². The molecule has 18 heavy (non-hydrogen) atoms. The van der Waals surface area contributed by atoms with E-state index in [1.165, 1.54) is 11.1 Å². The number of nitrogens with two attached hydrogens (primary N) is 1.